The summed E-state index contributed by atoms with van der Waals surface area (Å²) in [7, 11) is 0. The van der Waals surface area contributed by atoms with E-state index < -0.39 is 0 Å². The van der Waals surface area contributed by atoms with Gasteiger partial charge in [-0.2, -0.15) is 0 Å². The molecule has 6 nitrogen and oxygen atoms in total. The minimum Gasteiger partial charge on any atom is -0.423 e. The van der Waals surface area contributed by atoms with Gasteiger partial charge in [0.2, 0.25) is 17.7 Å². The summed E-state index contributed by atoms with van der Waals surface area (Å²) in [5.74, 6) is 0.623. The molecule has 4 rings (SSSR count). The van der Waals surface area contributed by atoms with Gasteiger partial charge >= 0.3 is 0 Å². The van der Waals surface area contributed by atoms with Gasteiger partial charge in [-0.25, -0.2) is 4.39 Å². The van der Waals surface area contributed by atoms with Crippen LogP contribution >= 0.6 is 0 Å². The van der Waals surface area contributed by atoms with Crippen LogP contribution in [0.3, 0.4) is 0 Å². The third-order valence-corrected chi connectivity index (χ3v) is 4.62. The van der Waals surface area contributed by atoms with Crippen molar-refractivity contribution < 1.29 is 18.3 Å². The van der Waals surface area contributed by atoms with E-state index >= 15 is 0 Å². The van der Waals surface area contributed by atoms with Gasteiger partial charge in [0, 0.05) is 19.4 Å². The second kappa shape index (κ2) is 5.98. The van der Waals surface area contributed by atoms with E-state index in [9.17, 15) is 9.18 Å². The van der Waals surface area contributed by atoms with Crippen molar-refractivity contribution >= 4 is 5.91 Å². The number of aromatic nitrogens is 2. The van der Waals surface area contributed by atoms with Crippen molar-refractivity contribution in [1.29, 1.82) is 0 Å². The molecule has 1 aliphatic heterocycles. The highest BCUT2D eigenvalue weighted by Gasteiger charge is 2.48. The summed E-state index contributed by atoms with van der Waals surface area (Å²) in [5.41, 5.74) is 0.881. The number of benzene rings is 1. The maximum atomic E-state index is 13.4. The van der Waals surface area contributed by atoms with Gasteiger partial charge in [-0.1, -0.05) is 12.1 Å². The molecule has 2 aromatic rings. The largest absolute Gasteiger partial charge is 0.423 e. The lowest BCUT2D eigenvalue weighted by Crippen LogP contribution is -2.44. The number of rotatable bonds is 3. The van der Waals surface area contributed by atoms with E-state index in [1.807, 2.05) is 6.07 Å². The highest BCUT2D eigenvalue weighted by Crippen LogP contribution is 2.49. The molecule has 3 atom stereocenters. The van der Waals surface area contributed by atoms with Crippen molar-refractivity contribution in [2.24, 2.45) is 5.92 Å². The number of hydrogen-bond donors (Lipinski definition) is 0. The number of aryl methyl sites for hydroxylation is 1. The second-order valence-corrected chi connectivity index (χ2v) is 6.29. The Balaban J connectivity index is 1.51. The van der Waals surface area contributed by atoms with Crippen LogP contribution in [0.4, 0.5) is 4.39 Å². The number of carbonyl (C=O) groups is 1. The Morgan fingerprint density at radius 1 is 1.38 bits per heavy atom. The normalized spacial score (nSPS) is 26.4. The Bertz CT molecular complexity index is 763. The van der Waals surface area contributed by atoms with Crippen molar-refractivity contribution in [1.82, 2.24) is 15.1 Å². The highest BCUT2D eigenvalue weighted by atomic mass is 19.1. The fourth-order valence-corrected chi connectivity index (χ4v) is 3.31. The van der Waals surface area contributed by atoms with E-state index in [0.717, 1.165) is 12.0 Å². The molecule has 7 heteroatoms. The van der Waals surface area contributed by atoms with Gasteiger partial charge in [0.15, 0.2) is 0 Å². The lowest BCUT2D eigenvalue weighted by molar-refractivity contribution is -0.142. The number of ether oxygens (including phenoxy) is 1. The zero-order chi connectivity index (χ0) is 16.7. The SMILES string of the molecule is Cc1nnc([C@@H]2COCCN2C(=O)[C@@H]2C[C@H]2c2cccc(F)c2)o1. The summed E-state index contributed by atoms with van der Waals surface area (Å²) in [5, 5.41) is 7.87. The first kappa shape index (κ1) is 15.3. The van der Waals surface area contributed by atoms with Crippen LogP contribution in [0.1, 0.15) is 35.7 Å². The molecule has 1 aliphatic carbocycles. The predicted molar refractivity (Wildman–Crippen MR) is 81.6 cm³/mol. The molecular weight excluding hydrogens is 313 g/mol. The van der Waals surface area contributed by atoms with Crippen LogP contribution in [-0.4, -0.2) is 40.8 Å². The molecule has 2 fully saturated rings. The predicted octanol–water partition coefficient (Wildman–Crippen LogP) is 2.22. The molecule has 126 valence electrons. The molecule has 1 aromatic carbocycles. The molecule has 1 amide bonds. The van der Waals surface area contributed by atoms with E-state index in [1.165, 1.54) is 12.1 Å². The lowest BCUT2D eigenvalue weighted by atomic mass is 10.1. The third-order valence-electron chi connectivity index (χ3n) is 4.62. The van der Waals surface area contributed by atoms with Crippen LogP contribution in [-0.2, 0) is 9.53 Å². The minimum atomic E-state index is -0.346. The zero-order valence-corrected chi connectivity index (χ0v) is 13.3. The van der Waals surface area contributed by atoms with E-state index in [2.05, 4.69) is 10.2 Å². The molecule has 0 unspecified atom stereocenters. The minimum absolute atomic E-state index is 0.0495. The molecule has 1 aromatic heterocycles. The van der Waals surface area contributed by atoms with Crippen molar-refractivity contribution in [2.75, 3.05) is 19.8 Å². The maximum Gasteiger partial charge on any atom is 0.241 e. The van der Waals surface area contributed by atoms with E-state index in [1.54, 1.807) is 17.9 Å². The van der Waals surface area contributed by atoms with E-state index in [-0.39, 0.29) is 29.6 Å². The number of amides is 1. The Morgan fingerprint density at radius 2 is 2.25 bits per heavy atom. The monoisotopic (exact) mass is 331 g/mol. The van der Waals surface area contributed by atoms with Crippen molar-refractivity contribution in [3.63, 3.8) is 0 Å². The molecule has 0 spiro atoms. The van der Waals surface area contributed by atoms with Gasteiger partial charge in [0.05, 0.1) is 13.2 Å². The summed E-state index contributed by atoms with van der Waals surface area (Å²) in [6.07, 6.45) is 0.745. The quantitative estimate of drug-likeness (QED) is 0.863. The fraction of sp³-hybridized carbons (Fsp3) is 0.471. The average Bonchev–Trinajstić information content (AvgIpc) is 3.28. The summed E-state index contributed by atoms with van der Waals surface area (Å²) >= 11 is 0. The van der Waals surface area contributed by atoms with Gasteiger partial charge in [0.1, 0.15) is 11.9 Å². The van der Waals surface area contributed by atoms with Crippen LogP contribution in [0.25, 0.3) is 0 Å². The number of carbonyl (C=O) groups excluding carboxylic acids is 1. The number of hydrogen-bond acceptors (Lipinski definition) is 5. The summed E-state index contributed by atoms with van der Waals surface area (Å²) in [6, 6.07) is 6.14. The molecule has 0 radical (unpaired) electrons. The van der Waals surface area contributed by atoms with Gasteiger partial charge in [-0.3, -0.25) is 4.79 Å². The summed E-state index contributed by atoms with van der Waals surface area (Å²) in [4.78, 5) is 14.7. The fourth-order valence-electron chi connectivity index (χ4n) is 3.31. The first-order chi connectivity index (χ1) is 11.6. The van der Waals surface area contributed by atoms with Gasteiger partial charge in [-0.15, -0.1) is 10.2 Å². The van der Waals surface area contributed by atoms with Gasteiger partial charge in [-0.05, 0) is 30.0 Å². The lowest BCUT2D eigenvalue weighted by Gasteiger charge is -2.33. The smallest absolute Gasteiger partial charge is 0.241 e. The van der Waals surface area contributed by atoms with E-state index in [0.29, 0.717) is 31.5 Å². The molecule has 1 saturated heterocycles. The molecular formula is C17H18FN3O3. The maximum absolute atomic E-state index is 13.4. The summed E-state index contributed by atoms with van der Waals surface area (Å²) < 4.78 is 24.4. The van der Waals surface area contributed by atoms with Gasteiger partial charge in [0.25, 0.3) is 0 Å². The molecule has 1 saturated carbocycles. The van der Waals surface area contributed by atoms with Crippen molar-refractivity contribution in [3.8, 4) is 0 Å². The molecule has 0 N–H and O–H groups in total. The Hall–Kier alpha value is -2.28. The Labute approximate surface area is 138 Å². The highest BCUT2D eigenvalue weighted by molar-refractivity contribution is 5.83. The van der Waals surface area contributed by atoms with Crippen LogP contribution in [0.5, 0.6) is 0 Å². The van der Waals surface area contributed by atoms with Crippen LogP contribution in [0, 0.1) is 18.7 Å². The Kier molecular flexibility index (Phi) is 3.80. The molecule has 24 heavy (non-hydrogen) atoms. The third kappa shape index (κ3) is 2.80. The first-order valence-corrected chi connectivity index (χ1v) is 8.07. The molecule has 0 bridgehead atoms. The van der Waals surface area contributed by atoms with Crippen LogP contribution in [0.2, 0.25) is 0 Å². The molecule has 2 heterocycles. The topological polar surface area (TPSA) is 68.5 Å². The number of morpholine rings is 1. The number of halogens is 1. The molecule has 2 aliphatic rings. The number of nitrogens with zero attached hydrogens (tertiary/aromatic N) is 3. The van der Waals surface area contributed by atoms with Gasteiger partial charge < -0.3 is 14.1 Å². The summed E-state index contributed by atoms with van der Waals surface area (Å²) in [6.45, 7) is 3.06. The standard InChI is InChI=1S/C17H18FN3O3/c1-10-19-20-16(24-10)15-9-23-6-5-21(15)17(22)14-8-13(14)11-3-2-4-12(18)7-11/h2-4,7,13-15H,5-6,8-9H2,1H3/t13-,14+,15-/m0/s1. The zero-order valence-electron chi connectivity index (χ0n) is 13.3. The first-order valence-electron chi connectivity index (χ1n) is 8.07. The van der Waals surface area contributed by atoms with Crippen molar-refractivity contribution in [2.45, 2.75) is 25.3 Å². The average molecular weight is 331 g/mol. The van der Waals surface area contributed by atoms with Crippen LogP contribution in [0.15, 0.2) is 28.7 Å². The van der Waals surface area contributed by atoms with E-state index in [4.69, 9.17) is 9.15 Å². The van der Waals surface area contributed by atoms with Crippen LogP contribution < -0.4 is 0 Å². The second-order valence-electron chi connectivity index (χ2n) is 6.29. The Morgan fingerprint density at radius 3 is 3.00 bits per heavy atom. The van der Waals surface area contributed by atoms with Crippen molar-refractivity contribution in [3.05, 3.63) is 47.4 Å².